The largest absolute Gasteiger partial charge is 0.505 e. The smallest absolute Gasteiger partial charge is 0.146 e. The fraction of sp³-hybridized carbons (Fsp3) is 0.647. The van der Waals surface area contributed by atoms with Crippen LogP contribution in [0.1, 0.15) is 141 Å². The molecule has 2 aromatic carbocycles. The van der Waals surface area contributed by atoms with Crippen molar-refractivity contribution < 1.29 is 5.11 Å². The number of hydrogen-bond donors (Lipinski definition) is 1. The lowest BCUT2D eigenvalue weighted by Crippen LogP contribution is -2.03. The molecule has 0 radical (unpaired) electrons. The lowest BCUT2D eigenvalue weighted by atomic mass is 9.98. The lowest BCUT2D eigenvalue weighted by molar-refractivity contribution is 0.458. The molecule has 0 fully saturated rings. The zero-order valence-electron chi connectivity index (χ0n) is 24.4. The molecule has 0 spiro atoms. The Morgan fingerprint density at radius 3 is 1.53 bits per heavy atom. The maximum atomic E-state index is 11.2. The van der Waals surface area contributed by atoms with Crippen molar-refractivity contribution in [2.45, 2.75) is 142 Å². The van der Waals surface area contributed by atoms with Gasteiger partial charge in [0.15, 0.2) is 0 Å². The third-order valence-corrected chi connectivity index (χ3v) is 7.85. The third kappa shape index (κ3) is 10.4. The minimum absolute atomic E-state index is 0.348. The summed E-state index contributed by atoms with van der Waals surface area (Å²) >= 11 is 0. The Morgan fingerprint density at radius 2 is 1.03 bits per heavy atom. The number of hydrogen-bond acceptors (Lipinski definition) is 3. The van der Waals surface area contributed by atoms with E-state index in [9.17, 15) is 5.11 Å². The predicted octanol–water partition coefficient (Wildman–Crippen LogP) is 10.3. The second kappa shape index (κ2) is 18.0. The van der Waals surface area contributed by atoms with Crippen LogP contribution in [0.3, 0.4) is 0 Å². The topological polar surface area (TPSA) is 50.9 Å². The molecule has 38 heavy (non-hydrogen) atoms. The Kier molecular flexibility index (Phi) is 14.3. The van der Waals surface area contributed by atoms with Crippen LogP contribution in [0, 0.1) is 0 Å². The molecule has 0 unspecified atom stereocenters. The molecule has 1 N–H and O–H groups in total. The normalized spacial score (nSPS) is 11.5. The summed E-state index contributed by atoms with van der Waals surface area (Å²) in [5, 5.41) is 20.6. The Balaban J connectivity index is 1.56. The van der Waals surface area contributed by atoms with Crippen LogP contribution in [-0.2, 0) is 12.8 Å². The summed E-state index contributed by atoms with van der Waals surface area (Å²) in [6, 6.07) is 12.3. The van der Waals surface area contributed by atoms with Crippen LogP contribution in [0.5, 0.6) is 5.75 Å². The molecule has 0 aliphatic rings. The monoisotopic (exact) mass is 519 g/mol. The maximum Gasteiger partial charge on any atom is 0.146 e. The SMILES string of the molecule is CCCCCCCCCCCc1cc(CCCCCCCCCCC)c(O)c(-n2nc3ccccc3n2)c1. The van der Waals surface area contributed by atoms with Gasteiger partial charge in [-0.25, -0.2) is 0 Å². The highest BCUT2D eigenvalue weighted by molar-refractivity contribution is 5.73. The summed E-state index contributed by atoms with van der Waals surface area (Å²) in [5.41, 5.74) is 4.79. The predicted molar refractivity (Wildman–Crippen MR) is 162 cm³/mol. The molecule has 1 aromatic heterocycles. The first-order valence-corrected chi connectivity index (χ1v) is 15.9. The van der Waals surface area contributed by atoms with Crippen LogP contribution >= 0.6 is 0 Å². The van der Waals surface area contributed by atoms with E-state index in [4.69, 9.17) is 0 Å². The van der Waals surface area contributed by atoms with E-state index in [1.807, 2.05) is 24.3 Å². The minimum atomic E-state index is 0.348. The van der Waals surface area contributed by atoms with Crippen molar-refractivity contribution in [2.24, 2.45) is 0 Å². The molecule has 1 heterocycles. The van der Waals surface area contributed by atoms with E-state index in [1.165, 1.54) is 115 Å². The highest BCUT2D eigenvalue weighted by Gasteiger charge is 2.15. The first-order chi connectivity index (χ1) is 18.7. The molecule has 3 aromatic rings. The van der Waals surface area contributed by atoms with Gasteiger partial charge in [0.05, 0.1) is 0 Å². The molecular formula is C34H53N3O. The van der Waals surface area contributed by atoms with Gasteiger partial charge < -0.3 is 5.11 Å². The summed E-state index contributed by atoms with van der Waals surface area (Å²) in [5.74, 6) is 0.348. The lowest BCUT2D eigenvalue weighted by Gasteiger charge is -2.13. The van der Waals surface area contributed by atoms with E-state index in [2.05, 4.69) is 36.2 Å². The van der Waals surface area contributed by atoms with E-state index >= 15 is 0 Å². The maximum absolute atomic E-state index is 11.2. The highest BCUT2D eigenvalue weighted by Crippen LogP contribution is 2.30. The quantitative estimate of drug-likeness (QED) is 0.142. The number of aromatic nitrogens is 3. The Morgan fingerprint density at radius 1 is 0.579 bits per heavy atom. The van der Waals surface area contributed by atoms with Crippen molar-refractivity contribution in [3.63, 3.8) is 0 Å². The summed E-state index contributed by atoms with van der Waals surface area (Å²) < 4.78 is 0. The molecule has 0 saturated carbocycles. The van der Waals surface area contributed by atoms with Crippen molar-refractivity contribution in [1.82, 2.24) is 15.0 Å². The first-order valence-electron chi connectivity index (χ1n) is 15.9. The zero-order valence-corrected chi connectivity index (χ0v) is 24.4. The Bertz CT molecular complexity index is 1010. The van der Waals surface area contributed by atoms with Crippen LogP contribution in [0.2, 0.25) is 0 Å². The molecule has 0 aliphatic carbocycles. The summed E-state index contributed by atoms with van der Waals surface area (Å²) in [6.45, 7) is 4.55. The molecule has 0 aliphatic heterocycles. The molecule has 4 heteroatoms. The zero-order chi connectivity index (χ0) is 26.8. The van der Waals surface area contributed by atoms with Crippen molar-refractivity contribution in [2.75, 3.05) is 0 Å². The first kappa shape index (κ1) is 30.2. The van der Waals surface area contributed by atoms with E-state index in [0.717, 1.165) is 41.5 Å². The van der Waals surface area contributed by atoms with Gasteiger partial charge in [-0.15, -0.1) is 15.0 Å². The van der Waals surface area contributed by atoms with Gasteiger partial charge in [-0.3, -0.25) is 0 Å². The number of aryl methyl sites for hydroxylation is 2. The second-order valence-corrected chi connectivity index (χ2v) is 11.3. The Hall–Kier alpha value is -2.36. The Labute approximate surface area is 232 Å². The number of rotatable bonds is 21. The fourth-order valence-corrected chi connectivity index (χ4v) is 5.46. The second-order valence-electron chi connectivity index (χ2n) is 11.3. The van der Waals surface area contributed by atoms with Crippen molar-refractivity contribution in [1.29, 1.82) is 0 Å². The van der Waals surface area contributed by atoms with Gasteiger partial charge in [-0.05, 0) is 55.0 Å². The fourth-order valence-electron chi connectivity index (χ4n) is 5.46. The van der Waals surface area contributed by atoms with E-state index in [0.29, 0.717) is 5.75 Å². The number of phenols is 1. The van der Waals surface area contributed by atoms with Gasteiger partial charge in [-0.1, -0.05) is 135 Å². The van der Waals surface area contributed by atoms with Crippen LogP contribution in [0.25, 0.3) is 16.7 Å². The van der Waals surface area contributed by atoms with Gasteiger partial charge in [0.25, 0.3) is 0 Å². The molecule has 0 atom stereocenters. The number of unbranched alkanes of at least 4 members (excludes halogenated alkanes) is 16. The summed E-state index contributed by atoms with van der Waals surface area (Å²) in [6.07, 6.45) is 25.8. The van der Waals surface area contributed by atoms with Crippen LogP contribution in [0.15, 0.2) is 36.4 Å². The minimum Gasteiger partial charge on any atom is -0.505 e. The summed E-state index contributed by atoms with van der Waals surface area (Å²) in [4.78, 5) is 1.64. The van der Waals surface area contributed by atoms with Gasteiger partial charge in [-0.2, -0.15) is 0 Å². The standard InChI is InChI=1S/C34H53N3O/c1-3-5-7-9-11-13-15-17-19-23-29-27-30(24-20-18-16-14-12-10-8-6-4-2)34(38)33(28-29)37-35-31-25-21-22-26-32(31)36-37/h21-22,25-28,38H,3-20,23-24H2,1-2H3. The van der Waals surface area contributed by atoms with Crippen LogP contribution < -0.4 is 0 Å². The van der Waals surface area contributed by atoms with E-state index in [-0.39, 0.29) is 0 Å². The van der Waals surface area contributed by atoms with Crippen molar-refractivity contribution in [3.05, 3.63) is 47.5 Å². The van der Waals surface area contributed by atoms with Gasteiger partial charge in [0.2, 0.25) is 0 Å². The molecule has 0 saturated heterocycles. The van der Waals surface area contributed by atoms with Crippen LogP contribution in [-0.4, -0.2) is 20.1 Å². The third-order valence-electron chi connectivity index (χ3n) is 7.85. The van der Waals surface area contributed by atoms with Crippen molar-refractivity contribution in [3.8, 4) is 11.4 Å². The molecule has 0 amide bonds. The number of benzene rings is 2. The van der Waals surface area contributed by atoms with E-state index in [1.54, 1.807) is 4.80 Å². The average molecular weight is 520 g/mol. The molecule has 3 rings (SSSR count). The van der Waals surface area contributed by atoms with Gasteiger partial charge in [0, 0.05) is 0 Å². The number of fused-ring (bicyclic) bond motifs is 1. The van der Waals surface area contributed by atoms with Crippen LogP contribution in [0.4, 0.5) is 0 Å². The van der Waals surface area contributed by atoms with Crippen molar-refractivity contribution >= 4 is 11.0 Å². The molecule has 0 bridgehead atoms. The number of nitrogens with zero attached hydrogens (tertiary/aromatic N) is 3. The summed E-state index contributed by atoms with van der Waals surface area (Å²) in [7, 11) is 0. The number of phenolic OH excluding ortho intramolecular Hbond substituents is 1. The number of aromatic hydroxyl groups is 1. The molecular weight excluding hydrogens is 466 g/mol. The highest BCUT2D eigenvalue weighted by atomic mass is 16.3. The van der Waals surface area contributed by atoms with Gasteiger partial charge >= 0.3 is 0 Å². The van der Waals surface area contributed by atoms with E-state index < -0.39 is 0 Å². The average Bonchev–Trinajstić information content (AvgIpc) is 3.36. The van der Waals surface area contributed by atoms with Gasteiger partial charge in [0.1, 0.15) is 22.5 Å². The molecule has 210 valence electrons. The molecule has 4 nitrogen and oxygen atoms in total.